The van der Waals surface area contributed by atoms with Gasteiger partial charge in [0.1, 0.15) is 13.2 Å². The minimum Gasteiger partial charge on any atom is -0.350 e. The van der Waals surface area contributed by atoms with Crippen molar-refractivity contribution < 1.29 is 32.6 Å². The van der Waals surface area contributed by atoms with Crippen molar-refractivity contribution in [3.63, 3.8) is 0 Å². The molecule has 7 nitrogen and oxygen atoms in total. The summed E-state index contributed by atoms with van der Waals surface area (Å²) in [5.74, 6) is 0. The minimum atomic E-state index is -2.67. The smallest absolute Gasteiger partial charge is 0.319 e. The zero-order chi connectivity index (χ0) is 20.9. The van der Waals surface area contributed by atoms with Gasteiger partial charge >= 0.3 is 8.25 Å². The molecule has 0 aliphatic heterocycles. The monoisotopic (exact) mass is 426 g/mol. The maximum atomic E-state index is 12.1. The lowest BCUT2D eigenvalue weighted by Crippen LogP contribution is -2.25. The van der Waals surface area contributed by atoms with Crippen LogP contribution >= 0.6 is 8.25 Å². The Labute approximate surface area is 172 Å². The van der Waals surface area contributed by atoms with Gasteiger partial charge in [-0.3, -0.25) is 4.57 Å². The number of unbranched alkanes of at least 4 members (excludes halogenated alkanes) is 4. The quantitative estimate of drug-likeness (QED) is 0.132. The Morgan fingerprint density at radius 1 is 0.571 bits per heavy atom. The predicted molar refractivity (Wildman–Crippen MR) is 112 cm³/mol. The summed E-state index contributed by atoms with van der Waals surface area (Å²) in [5.41, 5.74) is 0. The minimum absolute atomic E-state index is 0.0866. The Bertz CT molecular complexity index is 295. The number of ether oxygens (including phenoxy) is 4. The molecule has 0 spiro atoms. The fraction of sp³-hybridized carbons (Fsp3) is 1.00. The predicted octanol–water partition coefficient (Wildman–Crippen LogP) is 5.33. The van der Waals surface area contributed by atoms with Gasteiger partial charge in [0.05, 0.1) is 0 Å². The van der Waals surface area contributed by atoms with Crippen molar-refractivity contribution in [2.24, 2.45) is 0 Å². The first-order valence-electron chi connectivity index (χ1n) is 10.9. The summed E-state index contributed by atoms with van der Waals surface area (Å²) in [6.45, 7) is 10.9. The molecule has 170 valence electrons. The SMILES string of the molecule is CCCCOC(CO[PH](=O)OCC(OCCCC)OCCCC)OCCCC. The van der Waals surface area contributed by atoms with E-state index in [-0.39, 0.29) is 13.2 Å². The lowest BCUT2D eigenvalue weighted by molar-refractivity contribution is -0.166. The second kappa shape index (κ2) is 21.7. The molecule has 0 atom stereocenters. The van der Waals surface area contributed by atoms with E-state index in [0.717, 1.165) is 51.4 Å². The Morgan fingerprint density at radius 2 is 0.857 bits per heavy atom. The van der Waals surface area contributed by atoms with Crippen LogP contribution in [0, 0.1) is 0 Å². The zero-order valence-electron chi connectivity index (χ0n) is 18.4. The molecule has 0 saturated carbocycles. The Kier molecular flexibility index (Phi) is 21.7. The third-order valence-corrected chi connectivity index (χ3v) is 4.69. The number of hydrogen-bond acceptors (Lipinski definition) is 7. The van der Waals surface area contributed by atoms with Gasteiger partial charge in [-0.25, -0.2) is 0 Å². The molecule has 0 aliphatic rings. The molecule has 0 radical (unpaired) electrons. The van der Waals surface area contributed by atoms with Gasteiger partial charge in [-0.05, 0) is 25.7 Å². The van der Waals surface area contributed by atoms with Crippen LogP contribution in [0.5, 0.6) is 0 Å². The zero-order valence-corrected chi connectivity index (χ0v) is 19.4. The van der Waals surface area contributed by atoms with E-state index in [1.54, 1.807) is 0 Å². The highest BCUT2D eigenvalue weighted by atomic mass is 31.1. The standard InChI is InChI=1S/C20H43O7P/c1-5-9-13-22-19(23-14-10-6-2)17-26-28(21)27-18-20(24-15-11-7-3)25-16-12-8-4/h19-20,28H,5-18H2,1-4H3. The molecular weight excluding hydrogens is 383 g/mol. The van der Waals surface area contributed by atoms with E-state index in [4.69, 9.17) is 28.0 Å². The van der Waals surface area contributed by atoms with Gasteiger partial charge in [0.15, 0.2) is 12.6 Å². The van der Waals surface area contributed by atoms with Crippen LogP contribution in [-0.4, -0.2) is 52.2 Å². The van der Waals surface area contributed by atoms with E-state index in [2.05, 4.69) is 27.7 Å². The fourth-order valence-electron chi connectivity index (χ4n) is 2.04. The van der Waals surface area contributed by atoms with Gasteiger partial charge in [0, 0.05) is 26.4 Å². The average Bonchev–Trinajstić information content (AvgIpc) is 2.70. The van der Waals surface area contributed by atoms with Crippen LogP contribution in [0.1, 0.15) is 79.1 Å². The summed E-state index contributed by atoms with van der Waals surface area (Å²) in [6.07, 6.45) is 6.92. The molecule has 0 aromatic carbocycles. The van der Waals surface area contributed by atoms with Crippen molar-refractivity contribution in [3.8, 4) is 0 Å². The third-order valence-electron chi connectivity index (χ3n) is 3.88. The van der Waals surface area contributed by atoms with Gasteiger partial charge in [-0.2, -0.15) is 0 Å². The normalized spacial score (nSPS) is 12.0. The number of rotatable bonds is 22. The van der Waals surface area contributed by atoms with Gasteiger partial charge in [0.2, 0.25) is 0 Å². The Balaban J connectivity index is 4.21. The lowest BCUT2D eigenvalue weighted by Gasteiger charge is -2.20. The van der Waals surface area contributed by atoms with E-state index in [1.165, 1.54) is 0 Å². The molecule has 0 heterocycles. The second-order valence-corrected chi connectivity index (χ2v) is 7.71. The third kappa shape index (κ3) is 18.0. The van der Waals surface area contributed by atoms with Crippen LogP contribution in [-0.2, 0) is 32.6 Å². The lowest BCUT2D eigenvalue weighted by atomic mass is 10.3. The summed E-state index contributed by atoms with van der Waals surface area (Å²) in [5, 5.41) is 0. The van der Waals surface area contributed by atoms with Crippen LogP contribution in [0.3, 0.4) is 0 Å². The highest BCUT2D eigenvalue weighted by Crippen LogP contribution is 2.25. The van der Waals surface area contributed by atoms with Gasteiger partial charge in [-0.15, -0.1) is 0 Å². The summed E-state index contributed by atoms with van der Waals surface area (Å²) in [6, 6.07) is 0. The molecule has 0 rings (SSSR count). The highest BCUT2D eigenvalue weighted by Gasteiger charge is 2.15. The maximum Gasteiger partial charge on any atom is 0.319 e. The van der Waals surface area contributed by atoms with Crippen LogP contribution in [0.15, 0.2) is 0 Å². The number of hydrogen-bond donors (Lipinski definition) is 0. The molecule has 0 aromatic heterocycles. The summed E-state index contributed by atoms with van der Waals surface area (Å²) in [4.78, 5) is 0. The molecule has 28 heavy (non-hydrogen) atoms. The van der Waals surface area contributed by atoms with Crippen molar-refractivity contribution >= 4 is 8.25 Å². The summed E-state index contributed by atoms with van der Waals surface area (Å²) in [7, 11) is -2.67. The van der Waals surface area contributed by atoms with Crippen molar-refractivity contribution in [2.75, 3.05) is 39.6 Å². The molecular formula is C20H43O7P. The molecule has 8 heteroatoms. The van der Waals surface area contributed by atoms with Crippen LogP contribution < -0.4 is 0 Å². The maximum absolute atomic E-state index is 12.1. The first kappa shape index (κ1) is 28.0. The molecule has 0 aromatic rings. The summed E-state index contributed by atoms with van der Waals surface area (Å²) >= 11 is 0. The van der Waals surface area contributed by atoms with Crippen molar-refractivity contribution in [1.29, 1.82) is 0 Å². The molecule has 0 saturated heterocycles. The Hall–Kier alpha value is -0.0100. The largest absolute Gasteiger partial charge is 0.350 e. The van der Waals surface area contributed by atoms with E-state index in [0.29, 0.717) is 26.4 Å². The van der Waals surface area contributed by atoms with Crippen molar-refractivity contribution in [1.82, 2.24) is 0 Å². The average molecular weight is 427 g/mol. The van der Waals surface area contributed by atoms with Gasteiger partial charge < -0.3 is 28.0 Å². The molecule has 0 unspecified atom stereocenters. The van der Waals surface area contributed by atoms with Gasteiger partial charge in [-0.1, -0.05) is 53.4 Å². The van der Waals surface area contributed by atoms with Crippen molar-refractivity contribution in [2.45, 2.75) is 91.6 Å². The first-order valence-corrected chi connectivity index (χ1v) is 12.2. The molecule has 0 fully saturated rings. The van der Waals surface area contributed by atoms with E-state index >= 15 is 0 Å². The van der Waals surface area contributed by atoms with E-state index in [9.17, 15) is 4.57 Å². The topological polar surface area (TPSA) is 72.5 Å². The van der Waals surface area contributed by atoms with Crippen LogP contribution in [0.2, 0.25) is 0 Å². The van der Waals surface area contributed by atoms with Crippen LogP contribution in [0.4, 0.5) is 0 Å². The molecule has 0 N–H and O–H groups in total. The van der Waals surface area contributed by atoms with Gasteiger partial charge in [0.25, 0.3) is 0 Å². The summed E-state index contributed by atoms with van der Waals surface area (Å²) < 4.78 is 45.4. The highest BCUT2D eigenvalue weighted by molar-refractivity contribution is 7.33. The molecule has 0 aliphatic carbocycles. The molecule has 0 amide bonds. The van der Waals surface area contributed by atoms with E-state index in [1.807, 2.05) is 0 Å². The van der Waals surface area contributed by atoms with Crippen LogP contribution in [0.25, 0.3) is 0 Å². The second-order valence-electron chi connectivity index (χ2n) is 6.63. The van der Waals surface area contributed by atoms with Crippen molar-refractivity contribution in [3.05, 3.63) is 0 Å². The molecule has 0 bridgehead atoms. The Morgan fingerprint density at radius 3 is 1.11 bits per heavy atom. The first-order chi connectivity index (χ1) is 13.7. The fourth-order valence-corrected chi connectivity index (χ4v) is 2.67. The van der Waals surface area contributed by atoms with E-state index < -0.39 is 20.8 Å².